The minimum Gasteiger partial charge on any atom is -0.349 e. The van der Waals surface area contributed by atoms with Gasteiger partial charge in [0.05, 0.1) is 10.1 Å². The van der Waals surface area contributed by atoms with Gasteiger partial charge in [-0.25, -0.2) is 8.42 Å². The molecule has 4 bridgehead atoms. The van der Waals surface area contributed by atoms with Crippen molar-refractivity contribution in [3.63, 3.8) is 0 Å². The molecule has 0 aromatic heterocycles. The van der Waals surface area contributed by atoms with Crippen LogP contribution in [0, 0.1) is 23.7 Å². The van der Waals surface area contributed by atoms with Gasteiger partial charge in [0.1, 0.15) is 11.2 Å². The highest BCUT2D eigenvalue weighted by Gasteiger charge is 2.81. The molecule has 0 amide bonds. The molecule has 4 aromatic rings. The molecule has 0 unspecified atom stereocenters. The quantitative estimate of drug-likeness (QED) is 0.229. The Balaban J connectivity index is 1.43. The van der Waals surface area contributed by atoms with Crippen molar-refractivity contribution in [3.8, 4) is 0 Å². The van der Waals surface area contributed by atoms with Crippen molar-refractivity contribution in [1.82, 2.24) is 0 Å². The standard InChI is InChI=1S/C36H36O3SSi/c1-41(2,3)34-28-23-27(33(34)40(37,38)26-19-11-6-12-20-26)31-32(28)36(25-17-9-5-10-18-25)30-22-14-13-21-29(30)35(31,39-36)24-15-7-4-8-16-24/h4-22,27-28,31-34H,23H2,1-3H3/t27-,28-,31+,32+,33+,34+,35-,36-/m0/s1. The van der Waals surface area contributed by atoms with Crippen LogP contribution in [0.25, 0.3) is 0 Å². The molecule has 4 aliphatic rings. The van der Waals surface area contributed by atoms with E-state index in [-0.39, 0.29) is 29.2 Å². The third-order valence-corrected chi connectivity index (χ3v) is 16.2. The van der Waals surface area contributed by atoms with Gasteiger partial charge in [0, 0.05) is 19.9 Å². The maximum atomic E-state index is 14.7. The van der Waals surface area contributed by atoms with E-state index in [1.807, 2.05) is 18.2 Å². The summed E-state index contributed by atoms with van der Waals surface area (Å²) in [6.07, 6.45) is 0.946. The van der Waals surface area contributed by atoms with Crippen molar-refractivity contribution in [2.75, 3.05) is 0 Å². The molecular weight excluding hydrogens is 541 g/mol. The summed E-state index contributed by atoms with van der Waals surface area (Å²) in [5.74, 6) is 0.579. The second-order valence-corrected chi connectivity index (χ2v) is 21.2. The van der Waals surface area contributed by atoms with E-state index in [0.29, 0.717) is 4.90 Å². The first kappa shape index (κ1) is 25.7. The van der Waals surface area contributed by atoms with Crippen LogP contribution < -0.4 is 0 Å². The average molecular weight is 577 g/mol. The van der Waals surface area contributed by atoms with E-state index in [2.05, 4.69) is 105 Å². The first-order valence-electron chi connectivity index (χ1n) is 14.9. The molecular formula is C36H36O3SSi. The summed E-state index contributed by atoms with van der Waals surface area (Å²) in [4.78, 5) is 0.466. The molecule has 2 aliphatic heterocycles. The zero-order valence-corrected chi connectivity index (χ0v) is 25.6. The maximum absolute atomic E-state index is 14.7. The Morgan fingerprint density at radius 1 is 0.634 bits per heavy atom. The summed E-state index contributed by atoms with van der Waals surface area (Å²) >= 11 is 0. The first-order valence-corrected chi connectivity index (χ1v) is 20.0. The third-order valence-electron chi connectivity index (χ3n) is 10.9. The van der Waals surface area contributed by atoms with Crippen LogP contribution in [0.15, 0.2) is 120 Å². The molecule has 8 atom stereocenters. The number of hydrogen-bond donors (Lipinski definition) is 0. The largest absolute Gasteiger partial charge is 0.349 e. The molecule has 2 aliphatic carbocycles. The first-order chi connectivity index (χ1) is 19.7. The number of sulfone groups is 1. The highest BCUT2D eigenvalue weighted by molar-refractivity contribution is 7.92. The van der Waals surface area contributed by atoms with Crippen molar-refractivity contribution in [2.24, 2.45) is 23.7 Å². The Labute approximate surface area is 244 Å². The predicted octanol–water partition coefficient (Wildman–Crippen LogP) is 7.65. The van der Waals surface area contributed by atoms with E-state index in [1.54, 1.807) is 12.1 Å². The molecule has 4 aromatic carbocycles. The second kappa shape index (κ2) is 8.53. The highest BCUT2D eigenvalue weighted by Crippen LogP contribution is 2.80. The van der Waals surface area contributed by atoms with Gasteiger partial charge in [-0.2, -0.15) is 0 Å². The molecule has 0 N–H and O–H groups in total. The van der Waals surface area contributed by atoms with Gasteiger partial charge in [0.25, 0.3) is 0 Å². The van der Waals surface area contributed by atoms with Gasteiger partial charge >= 0.3 is 0 Å². The average Bonchev–Trinajstić information content (AvgIpc) is 3.74. The molecule has 0 spiro atoms. The van der Waals surface area contributed by atoms with E-state index in [1.165, 1.54) is 16.7 Å². The zero-order chi connectivity index (χ0) is 28.2. The summed E-state index contributed by atoms with van der Waals surface area (Å²) in [5, 5.41) is -0.397. The highest BCUT2D eigenvalue weighted by atomic mass is 32.2. The molecule has 5 heteroatoms. The number of fused-ring (bicyclic) bond motifs is 12. The minimum atomic E-state index is -3.55. The lowest BCUT2D eigenvalue weighted by atomic mass is 9.56. The number of rotatable bonds is 5. The van der Waals surface area contributed by atoms with Crippen LogP contribution in [-0.4, -0.2) is 21.7 Å². The lowest BCUT2D eigenvalue weighted by Crippen LogP contribution is -2.54. The molecule has 2 heterocycles. The van der Waals surface area contributed by atoms with E-state index in [4.69, 9.17) is 4.74 Å². The van der Waals surface area contributed by atoms with Gasteiger partial charge in [0.2, 0.25) is 0 Å². The molecule has 208 valence electrons. The summed E-state index contributed by atoms with van der Waals surface area (Å²) in [6, 6.07) is 39.4. The SMILES string of the molecule is C[Si](C)(C)[C@@H]1[C@H]2C[C@@H]([C@@H]3[C@@H]2[C@@]2(c4ccccc4)O[C@@]3(c3ccccc3)c3ccccc32)[C@H]1S(=O)(=O)c1ccccc1. The van der Waals surface area contributed by atoms with Crippen molar-refractivity contribution in [2.45, 2.75) is 53.0 Å². The van der Waals surface area contributed by atoms with Crippen molar-refractivity contribution >= 4 is 17.9 Å². The van der Waals surface area contributed by atoms with Gasteiger partial charge in [-0.05, 0) is 58.2 Å². The Kier molecular flexibility index (Phi) is 5.34. The summed E-state index contributed by atoms with van der Waals surface area (Å²) in [7, 11) is -5.48. The van der Waals surface area contributed by atoms with Crippen LogP contribution in [0.4, 0.5) is 0 Å². The van der Waals surface area contributed by atoms with Gasteiger partial charge in [-0.1, -0.05) is 123 Å². The molecule has 1 saturated heterocycles. The van der Waals surface area contributed by atoms with Gasteiger partial charge < -0.3 is 4.74 Å². The van der Waals surface area contributed by atoms with E-state index < -0.39 is 34.4 Å². The Bertz CT molecular complexity index is 1730. The van der Waals surface area contributed by atoms with Crippen LogP contribution in [0.1, 0.15) is 28.7 Å². The fourth-order valence-corrected chi connectivity index (χ4v) is 16.8. The van der Waals surface area contributed by atoms with Crippen LogP contribution in [-0.2, 0) is 25.8 Å². The lowest BCUT2D eigenvalue weighted by molar-refractivity contribution is -0.0675. The van der Waals surface area contributed by atoms with Crippen LogP contribution in [0.3, 0.4) is 0 Å². The smallest absolute Gasteiger partial charge is 0.181 e. The summed E-state index contributed by atoms with van der Waals surface area (Å²) in [5.41, 5.74) is 3.68. The van der Waals surface area contributed by atoms with Gasteiger partial charge in [0.15, 0.2) is 9.84 Å². The van der Waals surface area contributed by atoms with Gasteiger partial charge in [-0.3, -0.25) is 0 Å². The maximum Gasteiger partial charge on any atom is 0.181 e. The van der Waals surface area contributed by atoms with Crippen molar-refractivity contribution in [3.05, 3.63) is 138 Å². The fourth-order valence-electron chi connectivity index (χ4n) is 9.97. The Hall–Kier alpha value is -2.99. The van der Waals surface area contributed by atoms with Crippen molar-refractivity contribution in [1.29, 1.82) is 0 Å². The molecule has 2 saturated carbocycles. The molecule has 0 radical (unpaired) electrons. The number of hydrogen-bond acceptors (Lipinski definition) is 3. The zero-order valence-electron chi connectivity index (χ0n) is 23.8. The minimum absolute atomic E-state index is 0.0195. The van der Waals surface area contributed by atoms with Crippen molar-refractivity contribution < 1.29 is 13.2 Å². The Morgan fingerprint density at radius 2 is 1.07 bits per heavy atom. The van der Waals surface area contributed by atoms with E-state index >= 15 is 0 Å². The van der Waals surface area contributed by atoms with E-state index in [9.17, 15) is 8.42 Å². The Morgan fingerprint density at radius 3 is 1.56 bits per heavy atom. The van der Waals surface area contributed by atoms with Crippen LogP contribution >= 0.6 is 0 Å². The number of benzene rings is 4. The second-order valence-electron chi connectivity index (χ2n) is 13.7. The fraction of sp³-hybridized carbons (Fsp3) is 0.333. The van der Waals surface area contributed by atoms with Crippen LogP contribution in [0.5, 0.6) is 0 Å². The molecule has 3 fully saturated rings. The van der Waals surface area contributed by atoms with Crippen LogP contribution in [0.2, 0.25) is 25.2 Å². The monoisotopic (exact) mass is 576 g/mol. The summed E-state index contributed by atoms with van der Waals surface area (Å²) in [6.45, 7) is 7.14. The summed E-state index contributed by atoms with van der Waals surface area (Å²) < 4.78 is 37.1. The van der Waals surface area contributed by atoms with E-state index in [0.717, 1.165) is 12.0 Å². The molecule has 8 rings (SSSR count). The lowest BCUT2D eigenvalue weighted by Gasteiger charge is -2.50. The van der Waals surface area contributed by atoms with Gasteiger partial charge in [-0.15, -0.1) is 0 Å². The molecule has 41 heavy (non-hydrogen) atoms. The predicted molar refractivity (Wildman–Crippen MR) is 165 cm³/mol. The normalized spacial score (nSPS) is 34.9. The topological polar surface area (TPSA) is 43.4 Å². The molecule has 3 nitrogen and oxygen atoms in total. The third kappa shape index (κ3) is 3.15. The number of ether oxygens (including phenoxy) is 1.